The van der Waals surface area contributed by atoms with Gasteiger partial charge in [0.05, 0.1) is 17.6 Å². The van der Waals surface area contributed by atoms with Gasteiger partial charge < -0.3 is 24.7 Å². The normalized spacial score (nSPS) is 18.4. The van der Waals surface area contributed by atoms with E-state index in [9.17, 15) is 10.2 Å². The van der Waals surface area contributed by atoms with Crippen molar-refractivity contribution in [3.05, 3.63) is 47.3 Å². The average Bonchev–Trinajstić information content (AvgIpc) is 3.38. The van der Waals surface area contributed by atoms with Crippen LogP contribution in [0.3, 0.4) is 0 Å². The lowest BCUT2D eigenvalue weighted by Gasteiger charge is -2.33. The number of benzene rings is 1. The molecule has 9 heteroatoms. The minimum absolute atomic E-state index is 0.00311. The number of nitrogens with one attached hydrogen (secondary N) is 1. The predicted molar refractivity (Wildman–Crippen MR) is 120 cm³/mol. The zero-order valence-corrected chi connectivity index (χ0v) is 17.8. The van der Waals surface area contributed by atoms with Crippen molar-refractivity contribution in [3.8, 4) is 11.5 Å². The number of azo groups is 1. The second kappa shape index (κ2) is 8.70. The van der Waals surface area contributed by atoms with Crippen molar-refractivity contribution in [3.63, 3.8) is 0 Å². The Morgan fingerprint density at radius 2 is 2.09 bits per heavy atom. The van der Waals surface area contributed by atoms with E-state index >= 15 is 0 Å². The fourth-order valence-corrected chi connectivity index (χ4v) is 4.26. The molecule has 1 saturated heterocycles. The first-order chi connectivity index (χ1) is 15.7. The highest BCUT2D eigenvalue weighted by Gasteiger charge is 2.27. The molecule has 1 atom stereocenters. The molecule has 0 bridgehead atoms. The van der Waals surface area contributed by atoms with Crippen molar-refractivity contribution in [2.24, 2.45) is 10.2 Å². The van der Waals surface area contributed by atoms with Crippen LogP contribution in [0.5, 0.6) is 11.5 Å². The summed E-state index contributed by atoms with van der Waals surface area (Å²) in [6.45, 7) is 5.81. The van der Waals surface area contributed by atoms with Gasteiger partial charge in [-0.1, -0.05) is 0 Å². The van der Waals surface area contributed by atoms with Gasteiger partial charge in [0.15, 0.2) is 17.3 Å². The van der Waals surface area contributed by atoms with Crippen LogP contribution in [0.2, 0.25) is 0 Å². The van der Waals surface area contributed by atoms with E-state index in [2.05, 4.69) is 32.4 Å². The Hall–Kier alpha value is -3.27. The van der Waals surface area contributed by atoms with Crippen molar-refractivity contribution in [2.45, 2.75) is 13.0 Å². The zero-order chi connectivity index (χ0) is 22.1. The third kappa shape index (κ3) is 3.64. The van der Waals surface area contributed by atoms with Gasteiger partial charge in [-0.2, -0.15) is 0 Å². The number of aliphatic hydroxyl groups is 1. The van der Waals surface area contributed by atoms with E-state index in [4.69, 9.17) is 9.15 Å². The molecule has 0 aliphatic carbocycles. The van der Waals surface area contributed by atoms with E-state index in [1.165, 1.54) is 0 Å². The van der Waals surface area contributed by atoms with E-state index in [0.29, 0.717) is 34.0 Å². The maximum atomic E-state index is 11.0. The lowest BCUT2D eigenvalue weighted by atomic mass is 10.0. The highest BCUT2D eigenvalue weighted by Crippen LogP contribution is 2.44. The monoisotopic (exact) mass is 435 g/mol. The van der Waals surface area contributed by atoms with Crippen LogP contribution in [-0.4, -0.2) is 59.5 Å². The Balaban J connectivity index is 1.61. The molecule has 0 saturated carbocycles. The molecule has 9 nitrogen and oxygen atoms in total. The lowest BCUT2D eigenvalue weighted by Crippen LogP contribution is -2.44. The quantitative estimate of drug-likeness (QED) is 0.543. The number of pyridine rings is 1. The molecule has 2 aliphatic heterocycles. The fraction of sp³-hybridized carbons (Fsp3) is 0.348. The number of hydrogen-bond acceptors (Lipinski definition) is 9. The molecular formula is C23H25N5O4. The number of fused-ring (bicyclic) bond motifs is 2. The van der Waals surface area contributed by atoms with Crippen molar-refractivity contribution in [1.82, 2.24) is 15.2 Å². The molecule has 1 aromatic carbocycles. The maximum absolute atomic E-state index is 11.0. The van der Waals surface area contributed by atoms with Gasteiger partial charge in [-0.15, -0.1) is 10.2 Å². The van der Waals surface area contributed by atoms with Gasteiger partial charge in [-0.05, 0) is 31.2 Å². The summed E-state index contributed by atoms with van der Waals surface area (Å²) >= 11 is 0. The summed E-state index contributed by atoms with van der Waals surface area (Å²) in [6.07, 6.45) is 3.34. The van der Waals surface area contributed by atoms with Gasteiger partial charge >= 0.3 is 0 Å². The van der Waals surface area contributed by atoms with Crippen LogP contribution < -0.4 is 10.1 Å². The molecule has 166 valence electrons. The molecule has 0 radical (unpaired) electrons. The molecule has 5 rings (SSSR count). The van der Waals surface area contributed by atoms with Crippen molar-refractivity contribution >= 4 is 28.6 Å². The van der Waals surface area contributed by atoms with Crippen LogP contribution in [0.4, 0.5) is 5.82 Å². The smallest absolute Gasteiger partial charge is 0.183 e. The molecular weight excluding hydrogens is 410 g/mol. The van der Waals surface area contributed by atoms with E-state index in [1.807, 2.05) is 18.2 Å². The number of rotatable bonds is 6. The van der Waals surface area contributed by atoms with E-state index in [0.717, 1.165) is 37.3 Å². The molecule has 2 aliphatic rings. The summed E-state index contributed by atoms with van der Waals surface area (Å²) < 4.78 is 12.1. The molecule has 3 N–H and O–H groups in total. The first-order valence-corrected chi connectivity index (χ1v) is 10.7. The largest absolute Gasteiger partial charge is 0.504 e. The van der Waals surface area contributed by atoms with Gasteiger partial charge in [-0.3, -0.25) is 4.90 Å². The summed E-state index contributed by atoms with van der Waals surface area (Å²) in [5.74, 6) is 1.53. The number of furan rings is 1. The van der Waals surface area contributed by atoms with Crippen LogP contribution >= 0.6 is 0 Å². The second-order valence-corrected chi connectivity index (χ2v) is 7.81. The minimum atomic E-state index is -0.0846. The molecule has 0 spiro atoms. The Morgan fingerprint density at radius 1 is 1.25 bits per heavy atom. The third-order valence-corrected chi connectivity index (χ3v) is 5.91. The number of aliphatic hydroxyl groups excluding tert-OH is 1. The molecule has 32 heavy (non-hydrogen) atoms. The Labute approximate surface area is 185 Å². The third-order valence-electron chi connectivity index (χ3n) is 5.91. The summed E-state index contributed by atoms with van der Waals surface area (Å²) in [5.41, 5.74) is 2.79. The van der Waals surface area contributed by atoms with Crippen LogP contribution in [0, 0.1) is 0 Å². The molecule has 4 heterocycles. The summed E-state index contributed by atoms with van der Waals surface area (Å²) in [4.78, 5) is 6.55. The number of aromatic nitrogens is 1. The lowest BCUT2D eigenvalue weighted by molar-refractivity contribution is 0.173. The van der Waals surface area contributed by atoms with Gasteiger partial charge in [0.2, 0.25) is 0 Å². The zero-order valence-electron chi connectivity index (χ0n) is 17.8. The fourth-order valence-electron chi connectivity index (χ4n) is 4.26. The van der Waals surface area contributed by atoms with Gasteiger partial charge in [-0.25, -0.2) is 4.98 Å². The van der Waals surface area contributed by atoms with Crippen LogP contribution in [0.15, 0.2) is 45.1 Å². The molecule has 1 unspecified atom stereocenters. The highest BCUT2D eigenvalue weighted by atomic mass is 16.5. The number of nitrogens with zero attached hydrogens (tertiary/aromatic N) is 4. The van der Waals surface area contributed by atoms with Crippen LogP contribution in [0.1, 0.15) is 29.9 Å². The Morgan fingerprint density at radius 3 is 2.91 bits per heavy atom. The first-order valence-electron chi connectivity index (χ1n) is 10.7. The van der Waals surface area contributed by atoms with Crippen molar-refractivity contribution in [2.75, 3.05) is 39.4 Å². The van der Waals surface area contributed by atoms with Crippen molar-refractivity contribution in [1.29, 1.82) is 0 Å². The average molecular weight is 435 g/mol. The van der Waals surface area contributed by atoms with E-state index in [1.54, 1.807) is 18.3 Å². The van der Waals surface area contributed by atoms with Crippen LogP contribution in [0.25, 0.3) is 22.7 Å². The Kier molecular flexibility index (Phi) is 5.60. The summed E-state index contributed by atoms with van der Waals surface area (Å²) in [5, 5.41) is 32.5. The standard InChI is InChI=1S/C23H25N5O4/c1-14(28-9-7-24-8-10-28)20-18(31-12-11-29)5-4-16-21(30)19(32-22(16)20)13-17-15-3-2-6-25-23(15)27-26-17/h2-6,13-14,24,29-30H,7-12H2,1H3/b17-13-. The minimum Gasteiger partial charge on any atom is -0.504 e. The summed E-state index contributed by atoms with van der Waals surface area (Å²) in [7, 11) is 0. The topological polar surface area (TPSA) is 116 Å². The highest BCUT2D eigenvalue weighted by molar-refractivity contribution is 5.95. The number of ether oxygens (including phenoxy) is 1. The van der Waals surface area contributed by atoms with Crippen LogP contribution in [-0.2, 0) is 0 Å². The molecule has 2 aromatic heterocycles. The van der Waals surface area contributed by atoms with Gasteiger partial charge in [0.25, 0.3) is 0 Å². The van der Waals surface area contributed by atoms with Gasteiger partial charge in [0.1, 0.15) is 23.6 Å². The maximum Gasteiger partial charge on any atom is 0.183 e. The molecule has 0 amide bonds. The SMILES string of the molecule is CC(c1c(OCCO)ccc2c(O)c(/C=C3\N=Nc4ncccc43)oc12)N1CCNCC1. The molecule has 1 fully saturated rings. The number of hydrogen-bond donors (Lipinski definition) is 3. The Bertz CT molecular complexity index is 1200. The van der Waals surface area contributed by atoms with Gasteiger partial charge in [0, 0.05) is 50.1 Å². The van der Waals surface area contributed by atoms with E-state index < -0.39 is 0 Å². The number of aromatic hydroxyl groups is 1. The van der Waals surface area contributed by atoms with E-state index in [-0.39, 0.29) is 25.0 Å². The predicted octanol–water partition coefficient (Wildman–Crippen LogP) is 3.47. The first kappa shape index (κ1) is 20.6. The van der Waals surface area contributed by atoms with Crippen molar-refractivity contribution < 1.29 is 19.4 Å². The molecule has 3 aromatic rings. The number of piperazine rings is 1. The summed E-state index contributed by atoms with van der Waals surface area (Å²) in [6, 6.07) is 7.30. The second-order valence-electron chi connectivity index (χ2n) is 7.81.